The van der Waals surface area contributed by atoms with Gasteiger partial charge in [0.05, 0.1) is 11.7 Å². The molecule has 2 rings (SSSR count). The Bertz CT molecular complexity index is 664. The highest BCUT2D eigenvalue weighted by atomic mass is 32.2. The van der Waals surface area contributed by atoms with Crippen LogP contribution in [-0.2, 0) is 21.2 Å². The van der Waals surface area contributed by atoms with Gasteiger partial charge in [-0.15, -0.1) is 0 Å². The summed E-state index contributed by atoms with van der Waals surface area (Å²) in [4.78, 5) is 13.5. The van der Waals surface area contributed by atoms with Crippen molar-refractivity contribution >= 4 is 15.9 Å². The number of hydrogen-bond acceptors (Lipinski definition) is 3. The molecule has 0 unspecified atom stereocenters. The smallest absolute Gasteiger partial charge is 0.227 e. The van der Waals surface area contributed by atoms with E-state index < -0.39 is 26.9 Å². The van der Waals surface area contributed by atoms with Crippen molar-refractivity contribution in [1.82, 2.24) is 9.62 Å². The summed E-state index contributed by atoms with van der Waals surface area (Å²) in [5.74, 6) is -1.84. The SMILES string of the molecule is CCNS(=O)(=O)[C@H]1CCN(C(=O)Cc2ccc(F)cc2F)C1. The standard InChI is InChI=1S/C14H18F2N2O3S/c1-2-17-22(20,21)12-5-6-18(9-12)14(19)7-10-3-4-11(15)8-13(10)16/h3-4,8,12,17H,2,5-7,9H2,1H3/t12-/m0/s1. The molecule has 1 fully saturated rings. The van der Waals surface area contributed by atoms with Crippen molar-refractivity contribution in [3.8, 4) is 0 Å². The summed E-state index contributed by atoms with van der Waals surface area (Å²) in [6.07, 6.45) is 0.146. The highest BCUT2D eigenvalue weighted by Crippen LogP contribution is 2.18. The Morgan fingerprint density at radius 2 is 2.14 bits per heavy atom. The molecule has 1 saturated heterocycles. The van der Waals surface area contributed by atoms with Crippen molar-refractivity contribution in [2.45, 2.75) is 25.0 Å². The van der Waals surface area contributed by atoms with Gasteiger partial charge in [0.15, 0.2) is 0 Å². The molecule has 0 bridgehead atoms. The molecule has 22 heavy (non-hydrogen) atoms. The lowest BCUT2D eigenvalue weighted by Crippen LogP contribution is -2.38. The number of nitrogens with zero attached hydrogens (tertiary/aromatic N) is 1. The molecule has 5 nitrogen and oxygen atoms in total. The van der Waals surface area contributed by atoms with Crippen molar-refractivity contribution in [3.05, 3.63) is 35.4 Å². The van der Waals surface area contributed by atoms with E-state index in [0.29, 0.717) is 19.5 Å². The van der Waals surface area contributed by atoms with Crippen molar-refractivity contribution in [3.63, 3.8) is 0 Å². The minimum Gasteiger partial charge on any atom is -0.341 e. The minimum atomic E-state index is -3.43. The summed E-state index contributed by atoms with van der Waals surface area (Å²) in [6, 6.07) is 3.05. The van der Waals surface area contributed by atoms with E-state index >= 15 is 0 Å². The Kier molecular flexibility index (Phi) is 5.12. The van der Waals surface area contributed by atoms with E-state index in [9.17, 15) is 22.0 Å². The first-order chi connectivity index (χ1) is 10.3. The molecule has 1 aromatic rings. The van der Waals surface area contributed by atoms with Crippen LogP contribution in [0.4, 0.5) is 8.78 Å². The lowest BCUT2D eigenvalue weighted by atomic mass is 10.1. The van der Waals surface area contributed by atoms with Crippen molar-refractivity contribution < 1.29 is 22.0 Å². The van der Waals surface area contributed by atoms with Gasteiger partial charge in [0.2, 0.25) is 15.9 Å². The first kappa shape index (κ1) is 16.8. The average molecular weight is 332 g/mol. The summed E-state index contributed by atoms with van der Waals surface area (Å²) < 4.78 is 52.6. The Labute approximate surface area is 128 Å². The normalized spacial score (nSPS) is 18.7. The van der Waals surface area contributed by atoms with E-state index in [1.807, 2.05) is 0 Å². The average Bonchev–Trinajstić information content (AvgIpc) is 2.92. The van der Waals surface area contributed by atoms with Gasteiger partial charge >= 0.3 is 0 Å². The summed E-state index contributed by atoms with van der Waals surface area (Å²) in [5, 5.41) is -0.644. The van der Waals surface area contributed by atoms with E-state index in [-0.39, 0.29) is 24.4 Å². The monoisotopic (exact) mass is 332 g/mol. The van der Waals surface area contributed by atoms with Crippen LogP contribution in [0.5, 0.6) is 0 Å². The maximum atomic E-state index is 13.5. The maximum absolute atomic E-state index is 13.5. The number of carbonyl (C=O) groups is 1. The Morgan fingerprint density at radius 1 is 1.41 bits per heavy atom. The van der Waals surface area contributed by atoms with Gasteiger partial charge in [0.1, 0.15) is 11.6 Å². The highest BCUT2D eigenvalue weighted by molar-refractivity contribution is 7.90. The molecule has 1 heterocycles. The highest BCUT2D eigenvalue weighted by Gasteiger charge is 2.34. The van der Waals surface area contributed by atoms with Gasteiger partial charge in [-0.3, -0.25) is 4.79 Å². The van der Waals surface area contributed by atoms with Crippen molar-refractivity contribution in [1.29, 1.82) is 0 Å². The number of carbonyl (C=O) groups excluding carboxylic acids is 1. The molecule has 8 heteroatoms. The maximum Gasteiger partial charge on any atom is 0.227 e. The number of halogens is 2. The van der Waals surface area contributed by atoms with Crippen molar-refractivity contribution in [2.24, 2.45) is 0 Å². The zero-order valence-electron chi connectivity index (χ0n) is 12.2. The van der Waals surface area contributed by atoms with Crippen LogP contribution in [0.15, 0.2) is 18.2 Å². The van der Waals surface area contributed by atoms with Crippen molar-refractivity contribution in [2.75, 3.05) is 19.6 Å². The molecule has 0 saturated carbocycles. The summed E-state index contributed by atoms with van der Waals surface area (Å²) >= 11 is 0. The van der Waals surface area contributed by atoms with Gasteiger partial charge in [-0.05, 0) is 18.1 Å². The first-order valence-corrected chi connectivity index (χ1v) is 8.58. The summed E-state index contributed by atoms with van der Waals surface area (Å²) in [7, 11) is -3.43. The second-order valence-electron chi connectivity index (χ2n) is 5.21. The van der Waals surface area contributed by atoms with Crippen LogP contribution in [-0.4, -0.2) is 44.1 Å². The quantitative estimate of drug-likeness (QED) is 0.876. The van der Waals surface area contributed by atoms with Crippen LogP contribution >= 0.6 is 0 Å². The second kappa shape index (κ2) is 6.70. The fraction of sp³-hybridized carbons (Fsp3) is 0.500. The van der Waals surface area contributed by atoms with Crippen LogP contribution < -0.4 is 4.72 Å². The molecule has 1 aromatic carbocycles. The van der Waals surface area contributed by atoms with Crippen LogP contribution in [0, 0.1) is 11.6 Å². The predicted molar refractivity (Wildman–Crippen MR) is 77.6 cm³/mol. The number of benzene rings is 1. The molecule has 1 aliphatic heterocycles. The van der Waals surface area contributed by atoms with Gasteiger partial charge in [0, 0.05) is 25.7 Å². The van der Waals surface area contributed by atoms with Crippen LogP contribution in [0.3, 0.4) is 0 Å². The molecule has 0 spiro atoms. The van der Waals surface area contributed by atoms with Gasteiger partial charge in [0.25, 0.3) is 0 Å². The van der Waals surface area contributed by atoms with E-state index in [1.54, 1.807) is 6.92 Å². The van der Waals surface area contributed by atoms with Crippen LogP contribution in [0.2, 0.25) is 0 Å². The number of sulfonamides is 1. The topological polar surface area (TPSA) is 66.5 Å². The minimum absolute atomic E-state index is 0.0942. The molecule has 1 atom stereocenters. The molecular weight excluding hydrogens is 314 g/mol. The third-order valence-electron chi connectivity index (χ3n) is 3.64. The van der Waals surface area contributed by atoms with E-state index in [4.69, 9.17) is 0 Å². The molecule has 0 aromatic heterocycles. The molecule has 0 aliphatic carbocycles. The Morgan fingerprint density at radius 3 is 2.77 bits per heavy atom. The molecule has 1 N–H and O–H groups in total. The molecular formula is C14H18F2N2O3S. The first-order valence-electron chi connectivity index (χ1n) is 7.03. The lowest BCUT2D eigenvalue weighted by molar-refractivity contribution is -0.129. The van der Waals surface area contributed by atoms with E-state index in [0.717, 1.165) is 12.1 Å². The fourth-order valence-corrected chi connectivity index (χ4v) is 3.90. The van der Waals surface area contributed by atoms with Gasteiger partial charge < -0.3 is 4.90 Å². The molecule has 0 radical (unpaired) electrons. The Hall–Kier alpha value is -1.54. The second-order valence-corrected chi connectivity index (χ2v) is 7.25. The zero-order chi connectivity index (χ0) is 16.3. The number of likely N-dealkylation sites (tertiary alicyclic amines) is 1. The molecule has 122 valence electrons. The fourth-order valence-electron chi connectivity index (χ4n) is 2.47. The summed E-state index contributed by atoms with van der Waals surface area (Å²) in [6.45, 7) is 2.40. The number of nitrogens with one attached hydrogen (secondary N) is 1. The third-order valence-corrected chi connectivity index (χ3v) is 5.59. The van der Waals surface area contributed by atoms with Gasteiger partial charge in [-0.1, -0.05) is 13.0 Å². The van der Waals surface area contributed by atoms with Crippen LogP contribution in [0.25, 0.3) is 0 Å². The molecule has 1 aliphatic rings. The Balaban J connectivity index is 2.00. The molecule has 1 amide bonds. The van der Waals surface area contributed by atoms with Gasteiger partial charge in [-0.25, -0.2) is 21.9 Å². The summed E-state index contributed by atoms with van der Waals surface area (Å²) in [5.41, 5.74) is 0.101. The largest absolute Gasteiger partial charge is 0.341 e. The third kappa shape index (κ3) is 3.80. The number of amides is 1. The zero-order valence-corrected chi connectivity index (χ0v) is 13.0. The van der Waals surface area contributed by atoms with Gasteiger partial charge in [-0.2, -0.15) is 0 Å². The predicted octanol–water partition coefficient (Wildman–Crippen LogP) is 1.05. The van der Waals surface area contributed by atoms with Crippen LogP contribution in [0.1, 0.15) is 18.9 Å². The number of hydrogen-bond donors (Lipinski definition) is 1. The lowest BCUT2D eigenvalue weighted by Gasteiger charge is -2.17. The van der Waals surface area contributed by atoms with E-state index in [2.05, 4.69) is 4.72 Å². The number of rotatable bonds is 5. The van der Waals surface area contributed by atoms with E-state index in [1.165, 1.54) is 11.0 Å².